The summed E-state index contributed by atoms with van der Waals surface area (Å²) in [6, 6.07) is 3.47. The average Bonchev–Trinajstić information content (AvgIpc) is 2.72. The van der Waals surface area contributed by atoms with Crippen LogP contribution in [0.15, 0.2) is 18.2 Å². The van der Waals surface area contributed by atoms with Crippen molar-refractivity contribution >= 4 is 16.9 Å². The molecule has 0 amide bonds. The molecule has 0 bridgehead atoms. The lowest BCUT2D eigenvalue weighted by Crippen LogP contribution is -2.25. The molecule has 1 aliphatic heterocycles. The molecule has 0 aliphatic carbocycles. The molecule has 2 aromatic rings. The van der Waals surface area contributed by atoms with Crippen LogP contribution in [0.1, 0.15) is 16.8 Å². The highest BCUT2D eigenvalue weighted by Crippen LogP contribution is 2.35. The molecule has 0 unspecified atom stereocenters. The SMILES string of the molecule is O=C(O)Cn1c2c(c3cc(C(F)(F)F)ccc31)CNCC2. The fourth-order valence-corrected chi connectivity index (χ4v) is 2.87. The first kappa shape index (κ1) is 13.9. The molecule has 2 heterocycles. The van der Waals surface area contributed by atoms with E-state index < -0.39 is 17.7 Å². The molecule has 0 spiro atoms. The van der Waals surface area contributed by atoms with Crippen molar-refractivity contribution in [1.82, 2.24) is 9.88 Å². The van der Waals surface area contributed by atoms with Gasteiger partial charge in [0, 0.05) is 36.1 Å². The van der Waals surface area contributed by atoms with E-state index in [-0.39, 0.29) is 6.54 Å². The minimum absolute atomic E-state index is 0.239. The van der Waals surface area contributed by atoms with Crippen LogP contribution < -0.4 is 5.32 Å². The standard InChI is InChI=1S/C14H13F3N2O2/c15-14(16,17)8-1-2-11-9(5-8)10-6-18-4-3-12(10)19(11)7-13(20)21/h1-2,5,18H,3-4,6-7H2,(H,20,21). The van der Waals surface area contributed by atoms with Gasteiger partial charge in [0.1, 0.15) is 6.54 Å². The second-order valence-corrected chi connectivity index (χ2v) is 5.06. The van der Waals surface area contributed by atoms with Gasteiger partial charge in [-0.3, -0.25) is 4.79 Å². The van der Waals surface area contributed by atoms with Gasteiger partial charge in [0.2, 0.25) is 0 Å². The zero-order valence-electron chi connectivity index (χ0n) is 11.0. The lowest BCUT2D eigenvalue weighted by Gasteiger charge is -2.16. The molecule has 0 radical (unpaired) electrons. The van der Waals surface area contributed by atoms with E-state index in [0.717, 1.165) is 23.4 Å². The van der Waals surface area contributed by atoms with Crippen molar-refractivity contribution in [3.8, 4) is 0 Å². The predicted molar refractivity (Wildman–Crippen MR) is 70.0 cm³/mol. The van der Waals surface area contributed by atoms with Crippen LogP contribution in [0.25, 0.3) is 10.9 Å². The zero-order valence-corrected chi connectivity index (χ0v) is 11.0. The van der Waals surface area contributed by atoms with Crippen LogP contribution in [0.3, 0.4) is 0 Å². The van der Waals surface area contributed by atoms with Crippen molar-refractivity contribution in [2.24, 2.45) is 0 Å². The number of hydrogen-bond acceptors (Lipinski definition) is 2. The number of benzene rings is 1. The highest BCUT2D eigenvalue weighted by Gasteiger charge is 2.32. The first-order valence-electron chi connectivity index (χ1n) is 6.51. The molecular weight excluding hydrogens is 285 g/mol. The van der Waals surface area contributed by atoms with Crippen LogP contribution in [0, 0.1) is 0 Å². The number of halogens is 3. The van der Waals surface area contributed by atoms with Gasteiger partial charge in [-0.15, -0.1) is 0 Å². The fraction of sp³-hybridized carbons (Fsp3) is 0.357. The number of carboxylic acids is 1. The summed E-state index contributed by atoms with van der Waals surface area (Å²) in [5, 5.41) is 12.6. The highest BCUT2D eigenvalue weighted by atomic mass is 19.4. The normalized spacial score (nSPS) is 15.2. The number of fused-ring (bicyclic) bond motifs is 3. The fourth-order valence-electron chi connectivity index (χ4n) is 2.87. The molecule has 0 atom stereocenters. The Hall–Kier alpha value is -2.02. The number of carbonyl (C=O) groups is 1. The number of aromatic nitrogens is 1. The van der Waals surface area contributed by atoms with Gasteiger partial charge in [-0.2, -0.15) is 13.2 Å². The molecule has 0 saturated heterocycles. The summed E-state index contributed by atoms with van der Waals surface area (Å²) in [6.07, 6.45) is -3.79. The zero-order chi connectivity index (χ0) is 15.2. The minimum Gasteiger partial charge on any atom is -0.480 e. The van der Waals surface area contributed by atoms with Gasteiger partial charge in [-0.05, 0) is 23.8 Å². The van der Waals surface area contributed by atoms with E-state index in [0.29, 0.717) is 30.4 Å². The first-order valence-corrected chi connectivity index (χ1v) is 6.51. The Balaban J connectivity index is 2.25. The van der Waals surface area contributed by atoms with E-state index in [1.165, 1.54) is 6.07 Å². The second-order valence-electron chi connectivity index (χ2n) is 5.06. The molecule has 1 aromatic heterocycles. The van der Waals surface area contributed by atoms with Gasteiger partial charge in [0.25, 0.3) is 0 Å². The molecule has 3 rings (SSSR count). The van der Waals surface area contributed by atoms with Crippen LogP contribution >= 0.6 is 0 Å². The molecule has 1 aromatic carbocycles. The van der Waals surface area contributed by atoms with Crippen LogP contribution in [0.4, 0.5) is 13.2 Å². The Morgan fingerprint density at radius 1 is 1.38 bits per heavy atom. The molecular formula is C14H13F3N2O2. The Labute approximate surface area is 118 Å². The lowest BCUT2D eigenvalue weighted by atomic mass is 10.0. The van der Waals surface area contributed by atoms with Crippen molar-refractivity contribution in [2.45, 2.75) is 25.7 Å². The van der Waals surface area contributed by atoms with Gasteiger partial charge in [0.05, 0.1) is 5.56 Å². The third kappa shape index (κ3) is 2.37. The molecule has 0 saturated carbocycles. The maximum atomic E-state index is 12.8. The van der Waals surface area contributed by atoms with E-state index in [9.17, 15) is 18.0 Å². The molecule has 1 aliphatic rings. The topological polar surface area (TPSA) is 54.3 Å². The number of nitrogens with one attached hydrogen (secondary N) is 1. The number of carboxylic acid groups (broad SMARTS) is 1. The Morgan fingerprint density at radius 3 is 2.81 bits per heavy atom. The second kappa shape index (κ2) is 4.77. The summed E-state index contributed by atoms with van der Waals surface area (Å²) in [6.45, 7) is 0.909. The van der Waals surface area contributed by atoms with Gasteiger partial charge >= 0.3 is 12.1 Å². The number of rotatable bonds is 2. The molecule has 2 N–H and O–H groups in total. The van der Waals surface area contributed by atoms with E-state index in [1.54, 1.807) is 4.57 Å². The summed E-state index contributed by atoms with van der Waals surface area (Å²) >= 11 is 0. The smallest absolute Gasteiger partial charge is 0.416 e. The number of hydrogen-bond donors (Lipinski definition) is 2. The van der Waals surface area contributed by atoms with E-state index >= 15 is 0 Å². The van der Waals surface area contributed by atoms with Crippen molar-refractivity contribution in [3.63, 3.8) is 0 Å². The molecule has 4 nitrogen and oxygen atoms in total. The molecule has 0 fully saturated rings. The maximum Gasteiger partial charge on any atom is 0.416 e. The highest BCUT2D eigenvalue weighted by molar-refractivity contribution is 5.88. The van der Waals surface area contributed by atoms with Crippen molar-refractivity contribution in [3.05, 3.63) is 35.0 Å². The Morgan fingerprint density at radius 2 is 2.14 bits per heavy atom. The van der Waals surface area contributed by atoms with Crippen molar-refractivity contribution < 1.29 is 23.1 Å². The van der Waals surface area contributed by atoms with Gasteiger partial charge in [0.15, 0.2) is 0 Å². The summed E-state index contributed by atoms with van der Waals surface area (Å²) in [4.78, 5) is 11.0. The van der Waals surface area contributed by atoms with Gasteiger partial charge in [-0.25, -0.2) is 0 Å². The predicted octanol–water partition coefficient (Wildman–Crippen LogP) is 2.39. The Kier molecular flexibility index (Phi) is 3.16. The van der Waals surface area contributed by atoms with E-state index in [1.807, 2.05) is 0 Å². The minimum atomic E-state index is -4.40. The van der Waals surface area contributed by atoms with Crippen LogP contribution in [0.2, 0.25) is 0 Å². The van der Waals surface area contributed by atoms with Crippen LogP contribution in [-0.2, 0) is 30.5 Å². The molecule has 21 heavy (non-hydrogen) atoms. The summed E-state index contributed by atoms with van der Waals surface area (Å²) < 4.78 is 40.1. The van der Waals surface area contributed by atoms with Gasteiger partial charge in [-0.1, -0.05) is 0 Å². The molecule has 7 heteroatoms. The molecule has 112 valence electrons. The Bertz CT molecular complexity index is 719. The summed E-state index contributed by atoms with van der Waals surface area (Å²) in [5.74, 6) is -1.01. The lowest BCUT2D eigenvalue weighted by molar-refractivity contribution is -0.138. The quantitative estimate of drug-likeness (QED) is 0.895. The van der Waals surface area contributed by atoms with Crippen LogP contribution in [0.5, 0.6) is 0 Å². The number of aliphatic carboxylic acids is 1. The monoisotopic (exact) mass is 298 g/mol. The van der Waals surface area contributed by atoms with Crippen molar-refractivity contribution in [2.75, 3.05) is 6.54 Å². The van der Waals surface area contributed by atoms with E-state index in [2.05, 4.69) is 5.32 Å². The summed E-state index contributed by atoms with van der Waals surface area (Å²) in [5.41, 5.74) is 1.41. The number of nitrogens with zero attached hydrogens (tertiary/aromatic N) is 1. The number of alkyl halides is 3. The third-order valence-corrected chi connectivity index (χ3v) is 3.75. The third-order valence-electron chi connectivity index (χ3n) is 3.75. The van der Waals surface area contributed by atoms with Gasteiger partial charge < -0.3 is 15.0 Å². The van der Waals surface area contributed by atoms with Crippen LogP contribution in [-0.4, -0.2) is 22.2 Å². The van der Waals surface area contributed by atoms with Crippen molar-refractivity contribution in [1.29, 1.82) is 0 Å². The summed E-state index contributed by atoms with van der Waals surface area (Å²) in [7, 11) is 0. The van der Waals surface area contributed by atoms with E-state index in [4.69, 9.17) is 5.11 Å². The largest absolute Gasteiger partial charge is 0.480 e. The average molecular weight is 298 g/mol. The maximum absolute atomic E-state index is 12.8. The first-order chi connectivity index (χ1) is 9.88.